The van der Waals surface area contributed by atoms with Gasteiger partial charge in [0.05, 0.1) is 0 Å². The predicted octanol–water partition coefficient (Wildman–Crippen LogP) is 4.24. The zero-order valence-corrected chi connectivity index (χ0v) is 14.2. The number of nitrogens with one attached hydrogen (secondary N) is 2. The van der Waals surface area contributed by atoms with E-state index in [2.05, 4.69) is 20.8 Å². The number of benzene rings is 2. The lowest BCUT2D eigenvalue weighted by Gasteiger charge is -2.07. The van der Waals surface area contributed by atoms with Crippen LogP contribution in [0.5, 0.6) is 0 Å². The molecule has 0 aliphatic heterocycles. The minimum Gasteiger partial charge on any atom is -0.338 e. The van der Waals surface area contributed by atoms with Gasteiger partial charge in [0.1, 0.15) is 0 Å². The lowest BCUT2D eigenvalue weighted by molar-refractivity contribution is 0.252. The van der Waals surface area contributed by atoms with Gasteiger partial charge in [-0.05, 0) is 37.1 Å². The number of rotatable bonds is 5. The standard InChI is InChI=1S/C19H20N4O2/c1-3-11-20-19(24)21-15-9-6-8-14(12-15)17-22-18(25-23-17)16-10-5-4-7-13(16)2/h4-10,12H,3,11H2,1-2H3,(H2,20,21,24). The largest absolute Gasteiger partial charge is 0.338 e. The Bertz CT molecular complexity index is 873. The molecule has 0 unspecified atom stereocenters. The van der Waals surface area contributed by atoms with Crippen LogP contribution >= 0.6 is 0 Å². The molecule has 0 spiro atoms. The quantitative estimate of drug-likeness (QED) is 0.730. The first-order chi connectivity index (χ1) is 12.2. The van der Waals surface area contributed by atoms with Crippen LogP contribution < -0.4 is 10.6 Å². The number of hydrogen-bond donors (Lipinski definition) is 2. The SMILES string of the molecule is CCCNC(=O)Nc1cccc(-c2noc(-c3ccccc3C)n2)c1. The molecule has 0 atom stereocenters. The molecule has 6 heteroatoms. The smallest absolute Gasteiger partial charge is 0.319 e. The zero-order valence-electron chi connectivity index (χ0n) is 14.2. The van der Waals surface area contributed by atoms with Gasteiger partial charge in [-0.2, -0.15) is 4.98 Å². The van der Waals surface area contributed by atoms with E-state index in [9.17, 15) is 4.79 Å². The van der Waals surface area contributed by atoms with Gasteiger partial charge in [-0.1, -0.05) is 42.4 Å². The highest BCUT2D eigenvalue weighted by Crippen LogP contribution is 2.25. The Hall–Kier alpha value is -3.15. The molecule has 0 bridgehead atoms. The average Bonchev–Trinajstić information content (AvgIpc) is 3.10. The summed E-state index contributed by atoms with van der Waals surface area (Å²) in [5.41, 5.74) is 3.43. The summed E-state index contributed by atoms with van der Waals surface area (Å²) in [5, 5.41) is 9.63. The molecule has 3 aromatic rings. The summed E-state index contributed by atoms with van der Waals surface area (Å²) in [4.78, 5) is 16.2. The Balaban J connectivity index is 1.80. The van der Waals surface area contributed by atoms with Gasteiger partial charge in [0.25, 0.3) is 5.89 Å². The fourth-order valence-electron chi connectivity index (χ4n) is 2.41. The Morgan fingerprint density at radius 2 is 2.00 bits per heavy atom. The Labute approximate surface area is 146 Å². The van der Waals surface area contributed by atoms with Gasteiger partial charge in [0, 0.05) is 23.4 Å². The Morgan fingerprint density at radius 1 is 1.16 bits per heavy atom. The predicted molar refractivity (Wildman–Crippen MR) is 97.2 cm³/mol. The number of carbonyl (C=O) groups excluding carboxylic acids is 1. The summed E-state index contributed by atoms with van der Waals surface area (Å²) < 4.78 is 5.40. The molecule has 2 amide bonds. The summed E-state index contributed by atoms with van der Waals surface area (Å²) in [5.74, 6) is 0.961. The second-order valence-electron chi connectivity index (χ2n) is 5.70. The Kier molecular flexibility index (Phi) is 5.09. The molecule has 2 N–H and O–H groups in total. The minimum atomic E-state index is -0.229. The molecule has 25 heavy (non-hydrogen) atoms. The highest BCUT2D eigenvalue weighted by Gasteiger charge is 2.12. The molecule has 0 radical (unpaired) electrons. The number of nitrogens with zero attached hydrogens (tertiary/aromatic N) is 2. The topological polar surface area (TPSA) is 80.0 Å². The van der Waals surface area contributed by atoms with Crippen LogP contribution in [0.15, 0.2) is 53.1 Å². The van der Waals surface area contributed by atoms with Crippen molar-refractivity contribution < 1.29 is 9.32 Å². The third kappa shape index (κ3) is 4.03. The molecule has 2 aromatic carbocycles. The first-order valence-corrected chi connectivity index (χ1v) is 8.22. The lowest BCUT2D eigenvalue weighted by Crippen LogP contribution is -2.29. The highest BCUT2D eigenvalue weighted by atomic mass is 16.5. The van der Waals surface area contributed by atoms with Gasteiger partial charge in [-0.25, -0.2) is 4.79 Å². The number of aromatic nitrogens is 2. The molecule has 1 aromatic heterocycles. The van der Waals surface area contributed by atoms with E-state index in [-0.39, 0.29) is 6.03 Å². The maximum Gasteiger partial charge on any atom is 0.319 e. The van der Waals surface area contributed by atoms with Crippen LogP contribution in [0.2, 0.25) is 0 Å². The number of urea groups is 1. The molecular formula is C19H20N4O2. The molecule has 6 nitrogen and oxygen atoms in total. The molecule has 1 heterocycles. The minimum absolute atomic E-state index is 0.229. The molecular weight excluding hydrogens is 316 g/mol. The third-order valence-corrected chi connectivity index (χ3v) is 3.72. The fraction of sp³-hybridized carbons (Fsp3) is 0.211. The maximum absolute atomic E-state index is 11.8. The van der Waals surface area contributed by atoms with Gasteiger partial charge in [-0.15, -0.1) is 0 Å². The van der Waals surface area contributed by atoms with E-state index in [1.165, 1.54) is 0 Å². The number of aryl methyl sites for hydroxylation is 1. The molecule has 0 saturated carbocycles. The molecule has 128 valence electrons. The van der Waals surface area contributed by atoms with E-state index < -0.39 is 0 Å². The van der Waals surface area contributed by atoms with Crippen molar-refractivity contribution in [1.82, 2.24) is 15.5 Å². The van der Waals surface area contributed by atoms with E-state index >= 15 is 0 Å². The van der Waals surface area contributed by atoms with Crippen LogP contribution in [-0.4, -0.2) is 22.7 Å². The number of hydrogen-bond acceptors (Lipinski definition) is 4. The molecule has 0 fully saturated rings. The van der Waals surface area contributed by atoms with Crippen LogP contribution in [0.25, 0.3) is 22.8 Å². The molecule has 3 rings (SSSR count). The lowest BCUT2D eigenvalue weighted by atomic mass is 10.1. The van der Waals surface area contributed by atoms with Crippen molar-refractivity contribution in [3.8, 4) is 22.8 Å². The first kappa shape index (κ1) is 16.7. The first-order valence-electron chi connectivity index (χ1n) is 8.22. The Morgan fingerprint density at radius 3 is 2.80 bits per heavy atom. The van der Waals surface area contributed by atoms with Gasteiger partial charge in [0.2, 0.25) is 5.82 Å². The van der Waals surface area contributed by atoms with E-state index in [0.29, 0.717) is 23.9 Å². The van der Waals surface area contributed by atoms with Crippen molar-refractivity contribution in [3.63, 3.8) is 0 Å². The van der Waals surface area contributed by atoms with Crippen LogP contribution in [0, 0.1) is 6.92 Å². The number of amides is 2. The van der Waals surface area contributed by atoms with Gasteiger partial charge in [-0.3, -0.25) is 0 Å². The highest BCUT2D eigenvalue weighted by molar-refractivity contribution is 5.89. The average molecular weight is 336 g/mol. The van der Waals surface area contributed by atoms with Gasteiger partial charge < -0.3 is 15.2 Å². The van der Waals surface area contributed by atoms with E-state index in [1.807, 2.05) is 62.4 Å². The fourth-order valence-corrected chi connectivity index (χ4v) is 2.41. The van der Waals surface area contributed by atoms with Crippen LogP contribution in [0.3, 0.4) is 0 Å². The second kappa shape index (κ2) is 7.61. The normalized spacial score (nSPS) is 10.5. The number of carbonyl (C=O) groups is 1. The van der Waals surface area contributed by atoms with Crippen LogP contribution in [0.1, 0.15) is 18.9 Å². The van der Waals surface area contributed by atoms with Crippen molar-refractivity contribution in [3.05, 3.63) is 54.1 Å². The zero-order chi connectivity index (χ0) is 17.6. The van der Waals surface area contributed by atoms with Gasteiger partial charge in [0.15, 0.2) is 0 Å². The summed E-state index contributed by atoms with van der Waals surface area (Å²) in [7, 11) is 0. The summed E-state index contributed by atoms with van der Waals surface area (Å²) in [6.07, 6.45) is 0.887. The van der Waals surface area contributed by atoms with Crippen molar-refractivity contribution in [1.29, 1.82) is 0 Å². The van der Waals surface area contributed by atoms with Crippen LogP contribution in [0.4, 0.5) is 10.5 Å². The summed E-state index contributed by atoms with van der Waals surface area (Å²) in [6, 6.07) is 15.0. The van der Waals surface area contributed by atoms with Crippen molar-refractivity contribution >= 4 is 11.7 Å². The van der Waals surface area contributed by atoms with Crippen molar-refractivity contribution in [2.45, 2.75) is 20.3 Å². The second-order valence-corrected chi connectivity index (χ2v) is 5.70. The van der Waals surface area contributed by atoms with Gasteiger partial charge >= 0.3 is 6.03 Å². The molecule has 0 aliphatic carbocycles. The maximum atomic E-state index is 11.8. The van der Waals surface area contributed by atoms with Crippen molar-refractivity contribution in [2.24, 2.45) is 0 Å². The van der Waals surface area contributed by atoms with E-state index in [4.69, 9.17) is 4.52 Å². The monoisotopic (exact) mass is 336 g/mol. The third-order valence-electron chi connectivity index (χ3n) is 3.72. The molecule has 0 aliphatic rings. The van der Waals surface area contributed by atoms with Crippen molar-refractivity contribution in [2.75, 3.05) is 11.9 Å². The summed E-state index contributed by atoms with van der Waals surface area (Å²) in [6.45, 7) is 4.64. The van der Waals surface area contributed by atoms with Crippen LogP contribution in [-0.2, 0) is 0 Å². The molecule has 0 saturated heterocycles. The summed E-state index contributed by atoms with van der Waals surface area (Å²) >= 11 is 0. The van der Waals surface area contributed by atoms with E-state index in [0.717, 1.165) is 23.1 Å². The van der Waals surface area contributed by atoms with E-state index in [1.54, 1.807) is 0 Å². The number of anilines is 1.